The van der Waals surface area contributed by atoms with Gasteiger partial charge < -0.3 is 9.64 Å². The summed E-state index contributed by atoms with van der Waals surface area (Å²) in [5.41, 5.74) is 4.58. The van der Waals surface area contributed by atoms with Crippen LogP contribution >= 0.6 is 11.6 Å². The number of carbonyl (C=O) groups is 1. The van der Waals surface area contributed by atoms with Gasteiger partial charge in [-0.15, -0.1) is 0 Å². The third kappa shape index (κ3) is 7.31. The first-order valence-corrected chi connectivity index (χ1v) is 9.55. The number of nitrogens with one attached hydrogen (secondary N) is 1. The Balaban J connectivity index is 1.82. The molecule has 5 nitrogen and oxygen atoms in total. The van der Waals surface area contributed by atoms with Crippen molar-refractivity contribution in [3.63, 3.8) is 0 Å². The second-order valence-corrected chi connectivity index (χ2v) is 6.55. The third-order valence-corrected chi connectivity index (χ3v) is 4.05. The molecule has 0 spiro atoms. The summed E-state index contributed by atoms with van der Waals surface area (Å²) in [6.45, 7) is 6.33. The number of anilines is 1. The molecule has 1 N–H and O–H groups in total. The molecule has 2 aromatic rings. The highest BCUT2D eigenvalue weighted by Crippen LogP contribution is 2.17. The fraction of sp³-hybridized carbons (Fsp3) is 0.333. The van der Waals surface area contributed by atoms with Crippen molar-refractivity contribution in [2.24, 2.45) is 5.10 Å². The second-order valence-electron chi connectivity index (χ2n) is 6.12. The summed E-state index contributed by atoms with van der Waals surface area (Å²) in [6, 6.07) is 15.0. The molecule has 0 bridgehead atoms. The molecule has 0 aliphatic rings. The summed E-state index contributed by atoms with van der Waals surface area (Å²) in [4.78, 5) is 14.2. The Bertz CT molecular complexity index is 741. The Morgan fingerprint density at radius 1 is 1.15 bits per heavy atom. The molecule has 0 heterocycles. The van der Waals surface area contributed by atoms with E-state index in [1.165, 1.54) is 5.69 Å². The number of carbonyl (C=O) groups excluding carboxylic acids is 1. The van der Waals surface area contributed by atoms with Gasteiger partial charge in [0.15, 0.2) is 6.61 Å². The van der Waals surface area contributed by atoms with Crippen LogP contribution in [0.1, 0.15) is 32.3 Å². The molecule has 1 amide bonds. The largest absolute Gasteiger partial charge is 0.484 e. The van der Waals surface area contributed by atoms with Crippen molar-refractivity contribution in [2.45, 2.75) is 26.7 Å². The zero-order chi connectivity index (χ0) is 19.5. The molecule has 0 fully saturated rings. The van der Waals surface area contributed by atoms with Gasteiger partial charge in [-0.1, -0.05) is 43.6 Å². The monoisotopic (exact) mass is 387 g/mol. The normalized spacial score (nSPS) is 10.8. The van der Waals surface area contributed by atoms with E-state index in [4.69, 9.17) is 16.3 Å². The second kappa shape index (κ2) is 11.2. The van der Waals surface area contributed by atoms with Crippen LogP contribution in [0.3, 0.4) is 0 Å². The molecule has 0 aliphatic carbocycles. The lowest BCUT2D eigenvalue weighted by atomic mass is 10.2. The first-order chi connectivity index (χ1) is 13.1. The summed E-state index contributed by atoms with van der Waals surface area (Å²) in [7, 11) is 0. The average molecular weight is 388 g/mol. The Hall–Kier alpha value is -2.53. The van der Waals surface area contributed by atoms with Gasteiger partial charge in [0, 0.05) is 23.8 Å². The van der Waals surface area contributed by atoms with Gasteiger partial charge in [0.2, 0.25) is 0 Å². The first kappa shape index (κ1) is 20.8. The summed E-state index contributed by atoms with van der Waals surface area (Å²) < 4.78 is 5.36. The maximum absolute atomic E-state index is 11.8. The smallest absolute Gasteiger partial charge is 0.277 e. The fourth-order valence-corrected chi connectivity index (χ4v) is 2.78. The van der Waals surface area contributed by atoms with E-state index in [9.17, 15) is 4.79 Å². The van der Waals surface area contributed by atoms with Gasteiger partial charge >= 0.3 is 0 Å². The van der Waals surface area contributed by atoms with Gasteiger partial charge in [0.05, 0.1) is 6.21 Å². The standard InChI is InChI=1S/C21H26ClN3O2/c1-3-12-25(13-4-2)19-10-8-17(9-11-19)15-23-24-21(26)16-27-20-7-5-6-18(22)14-20/h5-11,14-15H,3-4,12-13,16H2,1-2H3,(H,24,26)/b23-15-. The lowest BCUT2D eigenvalue weighted by Gasteiger charge is -2.23. The SMILES string of the molecule is CCCN(CCC)c1ccc(/C=N\NC(=O)COc2cccc(Cl)c2)cc1. The van der Waals surface area contributed by atoms with Crippen LogP contribution < -0.4 is 15.1 Å². The number of nitrogens with zero attached hydrogens (tertiary/aromatic N) is 2. The van der Waals surface area contributed by atoms with E-state index < -0.39 is 0 Å². The molecule has 2 rings (SSSR count). The number of hydrogen-bond acceptors (Lipinski definition) is 4. The number of hydrazone groups is 1. The topological polar surface area (TPSA) is 53.9 Å². The van der Waals surface area contributed by atoms with Crippen molar-refractivity contribution in [1.82, 2.24) is 5.43 Å². The Kier molecular flexibility index (Phi) is 8.65. The highest BCUT2D eigenvalue weighted by atomic mass is 35.5. The number of amides is 1. The van der Waals surface area contributed by atoms with Gasteiger partial charge in [-0.2, -0.15) is 5.10 Å². The number of ether oxygens (including phenoxy) is 1. The maximum Gasteiger partial charge on any atom is 0.277 e. The molecular weight excluding hydrogens is 362 g/mol. The van der Waals surface area contributed by atoms with Gasteiger partial charge in [-0.25, -0.2) is 5.43 Å². The van der Waals surface area contributed by atoms with E-state index >= 15 is 0 Å². The van der Waals surface area contributed by atoms with Crippen molar-refractivity contribution in [2.75, 3.05) is 24.6 Å². The highest BCUT2D eigenvalue weighted by Gasteiger charge is 2.04. The highest BCUT2D eigenvalue weighted by molar-refractivity contribution is 6.30. The van der Waals surface area contributed by atoms with Crippen LogP contribution in [0.4, 0.5) is 5.69 Å². The molecule has 6 heteroatoms. The minimum Gasteiger partial charge on any atom is -0.484 e. The molecule has 144 valence electrons. The Morgan fingerprint density at radius 2 is 1.85 bits per heavy atom. The lowest BCUT2D eigenvalue weighted by Crippen LogP contribution is -2.25. The molecule has 0 aliphatic heterocycles. The molecule has 27 heavy (non-hydrogen) atoms. The zero-order valence-electron chi connectivity index (χ0n) is 15.8. The Labute approximate surface area is 166 Å². The fourth-order valence-electron chi connectivity index (χ4n) is 2.60. The van der Waals surface area contributed by atoms with Crippen LogP contribution in [-0.2, 0) is 4.79 Å². The third-order valence-electron chi connectivity index (χ3n) is 3.81. The van der Waals surface area contributed by atoms with Crippen molar-refractivity contribution in [3.05, 3.63) is 59.1 Å². The number of hydrogen-bond donors (Lipinski definition) is 1. The predicted molar refractivity (Wildman–Crippen MR) is 112 cm³/mol. The van der Waals surface area contributed by atoms with E-state index in [0.29, 0.717) is 10.8 Å². The minimum absolute atomic E-state index is 0.125. The van der Waals surface area contributed by atoms with Crippen LogP contribution in [0.15, 0.2) is 53.6 Å². The molecule has 0 radical (unpaired) electrons. The average Bonchev–Trinajstić information content (AvgIpc) is 2.67. The van der Waals surface area contributed by atoms with Crippen LogP contribution in [0.25, 0.3) is 0 Å². The molecular formula is C21H26ClN3O2. The number of halogens is 1. The first-order valence-electron chi connectivity index (χ1n) is 9.17. The van der Waals surface area contributed by atoms with Crippen LogP contribution in [0.5, 0.6) is 5.75 Å². The summed E-state index contributed by atoms with van der Waals surface area (Å²) in [5.74, 6) is 0.209. The zero-order valence-corrected chi connectivity index (χ0v) is 16.6. The van der Waals surface area contributed by atoms with Gasteiger partial charge in [0.25, 0.3) is 5.91 Å². The summed E-state index contributed by atoms with van der Waals surface area (Å²) in [6.07, 6.45) is 3.85. The van der Waals surface area contributed by atoms with E-state index in [-0.39, 0.29) is 12.5 Å². The van der Waals surface area contributed by atoms with Crippen LogP contribution in [0, 0.1) is 0 Å². The van der Waals surface area contributed by atoms with Crippen molar-refractivity contribution in [1.29, 1.82) is 0 Å². The van der Waals surface area contributed by atoms with Gasteiger partial charge in [-0.3, -0.25) is 4.79 Å². The van der Waals surface area contributed by atoms with Crippen molar-refractivity contribution >= 4 is 29.4 Å². The molecule has 0 saturated heterocycles. The number of benzene rings is 2. The molecule has 0 saturated carbocycles. The maximum atomic E-state index is 11.8. The van der Waals surface area contributed by atoms with Crippen LogP contribution in [0.2, 0.25) is 5.02 Å². The van der Waals surface area contributed by atoms with E-state index in [0.717, 1.165) is 31.5 Å². The quantitative estimate of drug-likeness (QED) is 0.482. The summed E-state index contributed by atoms with van der Waals surface area (Å²) >= 11 is 5.87. The Morgan fingerprint density at radius 3 is 2.48 bits per heavy atom. The molecule has 0 aromatic heterocycles. The van der Waals surface area contributed by atoms with Gasteiger partial charge in [-0.05, 0) is 48.7 Å². The van der Waals surface area contributed by atoms with E-state index in [2.05, 4.69) is 41.4 Å². The summed E-state index contributed by atoms with van der Waals surface area (Å²) in [5, 5.41) is 4.54. The van der Waals surface area contributed by atoms with E-state index in [1.807, 2.05) is 12.1 Å². The van der Waals surface area contributed by atoms with Crippen LogP contribution in [-0.4, -0.2) is 31.8 Å². The lowest BCUT2D eigenvalue weighted by molar-refractivity contribution is -0.123. The minimum atomic E-state index is -0.333. The number of rotatable bonds is 10. The molecule has 0 atom stereocenters. The van der Waals surface area contributed by atoms with Crippen molar-refractivity contribution < 1.29 is 9.53 Å². The van der Waals surface area contributed by atoms with Gasteiger partial charge in [0.1, 0.15) is 5.75 Å². The van der Waals surface area contributed by atoms with Crippen molar-refractivity contribution in [3.8, 4) is 5.75 Å². The predicted octanol–water partition coefficient (Wildman–Crippen LogP) is 4.50. The molecule has 2 aromatic carbocycles. The van der Waals surface area contributed by atoms with E-state index in [1.54, 1.807) is 30.5 Å². The molecule has 0 unspecified atom stereocenters.